The number of piperidine rings is 1. The summed E-state index contributed by atoms with van der Waals surface area (Å²) in [6.45, 7) is 3.10. The first-order valence-electron chi connectivity index (χ1n) is 9.67. The molecule has 0 radical (unpaired) electrons. The minimum Gasteiger partial charge on any atom is -0.466 e. The number of halogens is 1. The number of nitrogens with zero attached hydrogens (tertiary/aromatic N) is 3. The van der Waals surface area contributed by atoms with Gasteiger partial charge < -0.3 is 9.64 Å². The second-order valence-corrected chi connectivity index (χ2v) is 8.15. The van der Waals surface area contributed by atoms with Crippen molar-refractivity contribution in [3.8, 4) is 11.3 Å². The van der Waals surface area contributed by atoms with Gasteiger partial charge in [0.25, 0.3) is 5.91 Å². The number of fused-ring (bicyclic) bond motifs is 1. The van der Waals surface area contributed by atoms with Crippen LogP contribution >= 0.6 is 11.3 Å². The van der Waals surface area contributed by atoms with Crippen LogP contribution in [0.25, 0.3) is 21.5 Å². The first kappa shape index (κ1) is 19.6. The number of carbonyl (C=O) groups excluding carboxylic acids is 2. The summed E-state index contributed by atoms with van der Waals surface area (Å²) in [4.78, 5) is 28.3. The number of rotatable bonds is 4. The van der Waals surface area contributed by atoms with Crippen LogP contribution in [0.1, 0.15) is 29.4 Å². The highest BCUT2D eigenvalue weighted by atomic mass is 32.1. The van der Waals surface area contributed by atoms with Gasteiger partial charge in [0.15, 0.2) is 0 Å². The lowest BCUT2D eigenvalue weighted by molar-refractivity contribution is -0.149. The highest BCUT2D eigenvalue weighted by Gasteiger charge is 2.31. The summed E-state index contributed by atoms with van der Waals surface area (Å²) >= 11 is 1.34. The Morgan fingerprint density at radius 1 is 1.34 bits per heavy atom. The van der Waals surface area contributed by atoms with E-state index >= 15 is 0 Å². The Bertz CT molecular complexity index is 1070. The van der Waals surface area contributed by atoms with Crippen molar-refractivity contribution in [1.29, 1.82) is 0 Å². The zero-order chi connectivity index (χ0) is 20.5. The van der Waals surface area contributed by atoms with Crippen LogP contribution in [-0.2, 0) is 16.6 Å². The number of hydrogen-bond donors (Lipinski definition) is 0. The van der Waals surface area contributed by atoms with E-state index in [-0.39, 0.29) is 23.6 Å². The maximum Gasteiger partial charge on any atom is 0.310 e. The van der Waals surface area contributed by atoms with Crippen LogP contribution in [0.15, 0.2) is 30.3 Å². The summed E-state index contributed by atoms with van der Waals surface area (Å²) in [5.41, 5.74) is 0.939. The highest BCUT2D eigenvalue weighted by Crippen LogP contribution is 2.35. The van der Waals surface area contributed by atoms with Crippen LogP contribution in [0.5, 0.6) is 0 Å². The van der Waals surface area contributed by atoms with Gasteiger partial charge in [-0.25, -0.2) is 4.39 Å². The molecule has 1 saturated heterocycles. The highest BCUT2D eigenvalue weighted by molar-refractivity contribution is 7.20. The molecule has 3 heterocycles. The molecule has 2 aromatic heterocycles. The molecular weight excluding hydrogens is 393 g/mol. The van der Waals surface area contributed by atoms with Crippen LogP contribution in [0, 0.1) is 11.7 Å². The maximum absolute atomic E-state index is 14.3. The third-order valence-corrected chi connectivity index (χ3v) is 6.37. The Morgan fingerprint density at radius 2 is 2.14 bits per heavy atom. The van der Waals surface area contributed by atoms with Crippen LogP contribution in [0.4, 0.5) is 4.39 Å². The van der Waals surface area contributed by atoms with E-state index in [0.717, 1.165) is 23.1 Å². The number of ether oxygens (including phenoxy) is 1. The van der Waals surface area contributed by atoms with Crippen LogP contribution < -0.4 is 0 Å². The molecule has 0 aliphatic carbocycles. The summed E-state index contributed by atoms with van der Waals surface area (Å²) in [7, 11) is 1.79. The fourth-order valence-electron chi connectivity index (χ4n) is 3.77. The fraction of sp³-hybridized carbons (Fsp3) is 0.381. The predicted octanol–water partition coefficient (Wildman–Crippen LogP) is 3.86. The molecule has 1 aliphatic rings. The number of aryl methyl sites for hydroxylation is 1. The molecule has 29 heavy (non-hydrogen) atoms. The summed E-state index contributed by atoms with van der Waals surface area (Å²) in [6, 6.07) is 8.27. The molecule has 1 aromatic carbocycles. The number of hydrogen-bond acceptors (Lipinski definition) is 5. The van der Waals surface area contributed by atoms with Gasteiger partial charge >= 0.3 is 5.97 Å². The van der Waals surface area contributed by atoms with Crippen molar-refractivity contribution in [2.24, 2.45) is 13.0 Å². The standard InChI is InChI=1S/C21H22FN3O3S/c1-3-28-21(27)13-7-6-10-25(12-13)19(26)17-11-15-18(23-24(2)20(15)29-17)14-8-4-5-9-16(14)22/h4-5,8-9,11,13H,3,6-7,10,12H2,1-2H3. The molecule has 8 heteroatoms. The molecule has 1 atom stereocenters. The number of amides is 1. The van der Waals surface area contributed by atoms with E-state index in [1.807, 2.05) is 0 Å². The fourth-order valence-corrected chi connectivity index (χ4v) is 4.81. The quantitative estimate of drug-likeness (QED) is 0.607. The number of benzene rings is 1. The van der Waals surface area contributed by atoms with Gasteiger partial charge in [0.05, 0.1) is 17.4 Å². The van der Waals surface area contributed by atoms with E-state index in [4.69, 9.17) is 4.74 Å². The van der Waals surface area contributed by atoms with Crippen molar-refractivity contribution in [1.82, 2.24) is 14.7 Å². The normalized spacial score (nSPS) is 16.9. The number of likely N-dealkylation sites (tertiary alicyclic amines) is 1. The Hall–Kier alpha value is -2.74. The molecule has 0 N–H and O–H groups in total. The average Bonchev–Trinajstić information content (AvgIpc) is 3.29. The molecule has 1 amide bonds. The number of carbonyl (C=O) groups is 2. The van der Waals surface area contributed by atoms with E-state index in [1.54, 1.807) is 47.8 Å². The second kappa shape index (κ2) is 7.94. The molecule has 152 valence electrons. The number of aromatic nitrogens is 2. The Kier molecular flexibility index (Phi) is 5.36. The largest absolute Gasteiger partial charge is 0.466 e. The Balaban J connectivity index is 1.63. The first-order valence-corrected chi connectivity index (χ1v) is 10.5. The molecule has 0 saturated carbocycles. The second-order valence-electron chi connectivity index (χ2n) is 7.12. The zero-order valence-corrected chi connectivity index (χ0v) is 17.2. The Labute approximate surface area is 171 Å². The molecule has 4 rings (SSSR count). The van der Waals surface area contributed by atoms with Gasteiger partial charge in [-0.3, -0.25) is 14.3 Å². The molecule has 6 nitrogen and oxygen atoms in total. The lowest BCUT2D eigenvalue weighted by Crippen LogP contribution is -2.42. The minimum absolute atomic E-state index is 0.111. The van der Waals surface area contributed by atoms with Gasteiger partial charge in [-0.15, -0.1) is 11.3 Å². The van der Waals surface area contributed by atoms with Gasteiger partial charge in [0, 0.05) is 31.1 Å². The number of esters is 1. The van der Waals surface area contributed by atoms with E-state index in [2.05, 4.69) is 5.10 Å². The number of thiophene rings is 1. The summed E-state index contributed by atoms with van der Waals surface area (Å²) in [5, 5.41) is 5.21. The molecule has 0 spiro atoms. The van der Waals surface area contributed by atoms with E-state index < -0.39 is 0 Å². The lowest BCUT2D eigenvalue weighted by atomic mass is 9.98. The van der Waals surface area contributed by atoms with Crippen molar-refractivity contribution in [3.05, 3.63) is 41.0 Å². The molecule has 3 aromatic rings. The van der Waals surface area contributed by atoms with Crippen LogP contribution in [0.3, 0.4) is 0 Å². The van der Waals surface area contributed by atoms with Crippen molar-refractivity contribution < 1.29 is 18.7 Å². The topological polar surface area (TPSA) is 64.4 Å². The summed E-state index contributed by atoms with van der Waals surface area (Å²) in [6.07, 6.45) is 1.50. The van der Waals surface area contributed by atoms with E-state index in [1.165, 1.54) is 17.4 Å². The SMILES string of the molecule is CCOC(=O)C1CCCN(C(=O)c2cc3c(-c4ccccc4F)nn(C)c3s2)C1. The van der Waals surface area contributed by atoms with Gasteiger partial charge in [0.1, 0.15) is 16.3 Å². The zero-order valence-electron chi connectivity index (χ0n) is 16.4. The van der Waals surface area contributed by atoms with Gasteiger partial charge in [-0.05, 0) is 38.0 Å². The molecule has 0 bridgehead atoms. The summed E-state index contributed by atoms with van der Waals surface area (Å²) in [5.74, 6) is -0.982. The van der Waals surface area contributed by atoms with Gasteiger partial charge in [-0.2, -0.15) is 5.10 Å². The van der Waals surface area contributed by atoms with Gasteiger partial charge in [0.2, 0.25) is 0 Å². The van der Waals surface area contributed by atoms with Crippen molar-refractivity contribution in [2.45, 2.75) is 19.8 Å². The first-order chi connectivity index (χ1) is 14.0. The molecular formula is C21H22FN3O3S. The van der Waals surface area contributed by atoms with E-state index in [9.17, 15) is 14.0 Å². The third-order valence-electron chi connectivity index (χ3n) is 5.18. The Morgan fingerprint density at radius 3 is 2.90 bits per heavy atom. The van der Waals surface area contributed by atoms with E-state index in [0.29, 0.717) is 35.8 Å². The smallest absolute Gasteiger partial charge is 0.310 e. The molecule has 1 aliphatic heterocycles. The summed E-state index contributed by atoms with van der Waals surface area (Å²) < 4.78 is 21.1. The third kappa shape index (κ3) is 3.64. The lowest BCUT2D eigenvalue weighted by Gasteiger charge is -2.31. The van der Waals surface area contributed by atoms with Crippen molar-refractivity contribution in [3.63, 3.8) is 0 Å². The predicted molar refractivity (Wildman–Crippen MR) is 109 cm³/mol. The molecule has 1 unspecified atom stereocenters. The maximum atomic E-state index is 14.3. The minimum atomic E-state index is -0.347. The average molecular weight is 415 g/mol. The van der Waals surface area contributed by atoms with Gasteiger partial charge in [-0.1, -0.05) is 12.1 Å². The monoisotopic (exact) mass is 415 g/mol. The van der Waals surface area contributed by atoms with Crippen molar-refractivity contribution >= 4 is 33.4 Å². The van der Waals surface area contributed by atoms with Crippen LogP contribution in [-0.4, -0.2) is 46.3 Å². The van der Waals surface area contributed by atoms with Crippen molar-refractivity contribution in [2.75, 3.05) is 19.7 Å². The molecule has 1 fully saturated rings. The van der Waals surface area contributed by atoms with Crippen LogP contribution in [0.2, 0.25) is 0 Å².